The summed E-state index contributed by atoms with van der Waals surface area (Å²) in [4.78, 5) is 20.6. The second kappa shape index (κ2) is 10.3. The molecule has 1 saturated heterocycles. The van der Waals surface area contributed by atoms with Crippen molar-refractivity contribution >= 4 is 24.2 Å². The Hall–Kier alpha value is -2.71. The Kier molecular flexibility index (Phi) is 7.69. The molecule has 2 aliphatic heterocycles. The number of nitrogens with zero attached hydrogens (tertiary/aromatic N) is 3. The van der Waals surface area contributed by atoms with Gasteiger partial charge in [0.2, 0.25) is 5.91 Å². The molecule has 2 heterocycles. The molecule has 4 nitrogen and oxygen atoms in total. The second-order valence-electron chi connectivity index (χ2n) is 8.65. The molecule has 0 N–H and O–H groups in total. The molecule has 0 radical (unpaired) electrons. The predicted molar refractivity (Wildman–Crippen MR) is 137 cm³/mol. The standard InChI is InChI=1S/C27H33N3OS/c1-7-20-13-21(8-2)15-22(14-20)10-11-24-26(19(5)28-24)27(32)29(6)23-12-18(4)16-30(17-23)25(31)9-3/h9,13-15,18,23,32H,3,5,7-8,12,16-17H2,1-2,4,6H3/b27-26+. The number of rotatable bonds is 5. The average Bonchev–Trinajstić information content (AvgIpc) is 2.79. The Morgan fingerprint density at radius 3 is 2.47 bits per heavy atom. The topological polar surface area (TPSA) is 35.9 Å². The lowest BCUT2D eigenvalue weighted by Crippen LogP contribution is -2.50. The third kappa shape index (κ3) is 5.19. The third-order valence-electron chi connectivity index (χ3n) is 6.20. The van der Waals surface area contributed by atoms with Gasteiger partial charge in [0.25, 0.3) is 0 Å². The van der Waals surface area contributed by atoms with Crippen molar-refractivity contribution in [2.75, 3.05) is 20.1 Å². The zero-order valence-electron chi connectivity index (χ0n) is 19.6. The number of piperidine rings is 1. The molecule has 168 valence electrons. The minimum atomic E-state index is -0.0229. The van der Waals surface area contributed by atoms with Crippen LogP contribution < -0.4 is 0 Å². The van der Waals surface area contributed by atoms with Crippen LogP contribution in [0.4, 0.5) is 0 Å². The van der Waals surface area contributed by atoms with E-state index in [1.165, 1.54) is 17.2 Å². The number of thiol groups is 1. The van der Waals surface area contributed by atoms with Crippen molar-refractivity contribution in [1.29, 1.82) is 0 Å². The number of benzene rings is 1. The summed E-state index contributed by atoms with van der Waals surface area (Å²) in [5, 5.41) is 0.802. The molecule has 2 atom stereocenters. The minimum absolute atomic E-state index is 0.0229. The van der Waals surface area contributed by atoms with Crippen LogP contribution in [0, 0.1) is 17.8 Å². The summed E-state index contributed by atoms with van der Waals surface area (Å²) < 4.78 is 0. The summed E-state index contributed by atoms with van der Waals surface area (Å²) in [6, 6.07) is 6.70. The van der Waals surface area contributed by atoms with Crippen molar-refractivity contribution in [1.82, 2.24) is 9.80 Å². The van der Waals surface area contributed by atoms with Gasteiger partial charge in [0.1, 0.15) is 5.71 Å². The van der Waals surface area contributed by atoms with Gasteiger partial charge < -0.3 is 9.80 Å². The Bertz CT molecular complexity index is 1030. The Labute approximate surface area is 198 Å². The van der Waals surface area contributed by atoms with Gasteiger partial charge in [-0.1, -0.05) is 45.9 Å². The van der Waals surface area contributed by atoms with E-state index in [9.17, 15) is 4.79 Å². The molecule has 2 aliphatic rings. The van der Waals surface area contributed by atoms with Crippen LogP contribution in [0.25, 0.3) is 0 Å². The molecule has 0 aliphatic carbocycles. The summed E-state index contributed by atoms with van der Waals surface area (Å²) in [5.41, 5.74) is 5.91. The van der Waals surface area contributed by atoms with Gasteiger partial charge in [0, 0.05) is 31.7 Å². The summed E-state index contributed by atoms with van der Waals surface area (Å²) in [6.45, 7) is 15.6. The molecule has 1 aromatic rings. The molecular formula is C27H33N3OS. The first-order chi connectivity index (χ1) is 15.3. The van der Waals surface area contributed by atoms with Crippen LogP contribution in [0.15, 0.2) is 58.7 Å². The molecule has 1 aromatic carbocycles. The van der Waals surface area contributed by atoms with Gasteiger partial charge in [-0.3, -0.25) is 4.79 Å². The van der Waals surface area contributed by atoms with E-state index in [0.29, 0.717) is 18.2 Å². The number of likely N-dealkylation sites (N-methyl/N-ethyl adjacent to an activating group) is 1. The van der Waals surface area contributed by atoms with E-state index >= 15 is 0 Å². The summed E-state index contributed by atoms with van der Waals surface area (Å²) in [7, 11) is 2.02. The molecule has 1 fully saturated rings. The smallest absolute Gasteiger partial charge is 0.246 e. The lowest BCUT2D eigenvalue weighted by molar-refractivity contribution is -0.128. The zero-order valence-corrected chi connectivity index (χ0v) is 20.5. The summed E-state index contributed by atoms with van der Waals surface area (Å²) >= 11 is 4.83. The molecule has 1 amide bonds. The molecule has 5 heteroatoms. The van der Waals surface area contributed by atoms with E-state index in [4.69, 9.17) is 12.6 Å². The molecule has 0 bridgehead atoms. The molecule has 0 saturated carbocycles. The van der Waals surface area contributed by atoms with Crippen LogP contribution in [0.5, 0.6) is 0 Å². The molecular weight excluding hydrogens is 414 g/mol. The monoisotopic (exact) mass is 447 g/mol. The van der Waals surface area contributed by atoms with E-state index in [1.807, 2.05) is 11.9 Å². The highest BCUT2D eigenvalue weighted by Gasteiger charge is 2.32. The van der Waals surface area contributed by atoms with E-state index in [-0.39, 0.29) is 11.9 Å². The maximum absolute atomic E-state index is 12.2. The van der Waals surface area contributed by atoms with E-state index in [1.54, 1.807) is 0 Å². The Balaban J connectivity index is 1.83. The molecule has 2 unspecified atom stereocenters. The van der Waals surface area contributed by atoms with Gasteiger partial charge >= 0.3 is 0 Å². The number of carbonyl (C=O) groups is 1. The second-order valence-corrected chi connectivity index (χ2v) is 9.08. The number of hydrogen-bond acceptors (Lipinski definition) is 4. The van der Waals surface area contributed by atoms with E-state index in [0.717, 1.165) is 47.7 Å². The number of amides is 1. The van der Waals surface area contributed by atoms with Crippen LogP contribution in [-0.4, -0.2) is 47.6 Å². The first kappa shape index (κ1) is 23.9. The van der Waals surface area contributed by atoms with Gasteiger partial charge in [-0.05, 0) is 60.4 Å². The number of hydrogen-bond donors (Lipinski definition) is 1. The fourth-order valence-corrected chi connectivity index (χ4v) is 4.69. The van der Waals surface area contributed by atoms with Gasteiger partial charge in [-0.15, -0.1) is 12.6 Å². The van der Waals surface area contributed by atoms with Crippen LogP contribution >= 0.6 is 12.6 Å². The first-order valence-electron chi connectivity index (χ1n) is 11.3. The minimum Gasteiger partial charge on any atom is -0.364 e. The lowest BCUT2D eigenvalue weighted by atomic mass is 9.94. The van der Waals surface area contributed by atoms with Crippen molar-refractivity contribution in [2.24, 2.45) is 10.9 Å². The quantitative estimate of drug-likeness (QED) is 0.406. The van der Waals surface area contributed by atoms with Crippen molar-refractivity contribution in [3.05, 3.63) is 70.4 Å². The summed E-state index contributed by atoms with van der Waals surface area (Å²) in [5.74, 6) is 6.90. The zero-order chi connectivity index (χ0) is 23.4. The predicted octanol–water partition coefficient (Wildman–Crippen LogP) is 4.63. The van der Waals surface area contributed by atoms with Gasteiger partial charge in [-0.2, -0.15) is 0 Å². The van der Waals surface area contributed by atoms with Crippen LogP contribution in [0.3, 0.4) is 0 Å². The average molecular weight is 448 g/mol. The first-order valence-corrected chi connectivity index (χ1v) is 11.7. The van der Waals surface area contributed by atoms with Gasteiger partial charge in [0.05, 0.1) is 16.3 Å². The number of carbonyl (C=O) groups excluding carboxylic acids is 1. The molecule has 0 aromatic heterocycles. The van der Waals surface area contributed by atoms with Gasteiger partial charge in [-0.25, -0.2) is 4.99 Å². The summed E-state index contributed by atoms with van der Waals surface area (Å²) in [6.07, 6.45) is 4.36. The fraction of sp³-hybridized carbons (Fsp3) is 0.407. The van der Waals surface area contributed by atoms with Gasteiger partial charge in [0.15, 0.2) is 0 Å². The van der Waals surface area contributed by atoms with Crippen LogP contribution in [0.2, 0.25) is 0 Å². The number of aryl methyl sites for hydroxylation is 2. The highest BCUT2D eigenvalue weighted by atomic mass is 32.1. The third-order valence-corrected chi connectivity index (χ3v) is 6.73. The van der Waals surface area contributed by atoms with Crippen molar-refractivity contribution in [3.63, 3.8) is 0 Å². The highest BCUT2D eigenvalue weighted by Crippen LogP contribution is 2.32. The molecule has 3 rings (SSSR count). The van der Waals surface area contributed by atoms with Crippen molar-refractivity contribution < 1.29 is 4.79 Å². The van der Waals surface area contributed by atoms with E-state index in [2.05, 4.69) is 73.9 Å². The Morgan fingerprint density at radius 2 is 1.91 bits per heavy atom. The SMILES string of the molecule is C=CC(=O)N1CC(C)CC(N(C)/C(S)=C2/C(=C)N=C2C#Cc2cc(CC)cc(CC)c2)C1. The number of likely N-dealkylation sites (tertiary alicyclic amines) is 1. The maximum Gasteiger partial charge on any atom is 0.246 e. The van der Waals surface area contributed by atoms with Crippen molar-refractivity contribution in [3.8, 4) is 11.8 Å². The fourth-order valence-electron chi connectivity index (χ4n) is 4.29. The number of aliphatic imine (C=N–C) groups is 1. The lowest BCUT2D eigenvalue weighted by Gasteiger charge is -2.42. The van der Waals surface area contributed by atoms with Crippen LogP contribution in [-0.2, 0) is 17.6 Å². The Morgan fingerprint density at radius 1 is 1.25 bits per heavy atom. The van der Waals surface area contributed by atoms with E-state index < -0.39 is 0 Å². The largest absolute Gasteiger partial charge is 0.364 e. The normalized spacial score (nSPS) is 21.7. The van der Waals surface area contributed by atoms with Crippen molar-refractivity contribution in [2.45, 2.75) is 46.1 Å². The van der Waals surface area contributed by atoms with Crippen LogP contribution in [0.1, 0.15) is 43.9 Å². The molecule has 0 spiro atoms. The number of allylic oxidation sites excluding steroid dienone is 1. The molecule has 32 heavy (non-hydrogen) atoms. The highest BCUT2D eigenvalue weighted by molar-refractivity contribution is 7.84. The maximum atomic E-state index is 12.2.